The number of hydrogen-bond acceptors (Lipinski definition) is 6. The number of hydrogen-bond donors (Lipinski definition) is 0. The van der Waals surface area contributed by atoms with Gasteiger partial charge in [-0.3, -0.25) is 0 Å². The standard InChI is InChI=1S/C46H57N2O.C5H6.2CH3.ClHO4.Fe/c1-5-7-8-9-10-20-34-47-41-28-18-16-26-39(41)45(3,6-2)43(47)30-21-31-44-46(4,33-32-37-22-14-15-23-37)40-27-17-19-29-42(40)48(44)35-36-49-38-24-12-11-13-25-38;1-2-4-5-3-1;;;2-1(3,4)5;/h11-19,21-31,37H,5-10,20,32-36H2,1-4H3;1-4H,5H2;2*1H3;(H,2,3,4,5);/q+1;;2*-1;;+2/p-1. The Morgan fingerprint density at radius 2 is 1.35 bits per heavy atom. The van der Waals surface area contributed by atoms with E-state index in [4.69, 9.17) is 23.4 Å². The van der Waals surface area contributed by atoms with E-state index < -0.39 is 10.2 Å². The van der Waals surface area contributed by atoms with Gasteiger partial charge in [-0.15, -0.1) is 10.2 Å². The smallest absolute Gasteiger partial charge is 0.487 e. The molecule has 0 spiro atoms. The molecule has 2 unspecified atom stereocenters. The molecule has 4 aliphatic rings. The average molecular weight is 905 g/mol. The third-order valence-corrected chi connectivity index (χ3v) is 12.0. The summed E-state index contributed by atoms with van der Waals surface area (Å²) in [5.74, 6) is 1.43. The molecular formula is C53H69ClFeN2O5. The van der Waals surface area contributed by atoms with Gasteiger partial charge >= 0.3 is 17.1 Å². The van der Waals surface area contributed by atoms with Gasteiger partial charge in [-0.05, 0) is 81.7 Å². The largest absolute Gasteiger partial charge is 2.00 e. The maximum absolute atomic E-state index is 8.49. The van der Waals surface area contributed by atoms with E-state index in [2.05, 4.69) is 153 Å². The van der Waals surface area contributed by atoms with Crippen LogP contribution in [0.15, 0.2) is 151 Å². The molecule has 3 aromatic rings. The predicted molar refractivity (Wildman–Crippen MR) is 244 cm³/mol. The second-order valence-electron chi connectivity index (χ2n) is 16.0. The molecule has 3 aromatic carbocycles. The van der Waals surface area contributed by atoms with Gasteiger partial charge < -0.3 is 24.5 Å². The fourth-order valence-electron chi connectivity index (χ4n) is 8.72. The van der Waals surface area contributed by atoms with Gasteiger partial charge in [0.25, 0.3) is 0 Å². The average Bonchev–Trinajstić information content (AvgIpc) is 4.06. The molecule has 62 heavy (non-hydrogen) atoms. The fraction of sp³-hybridized carbons (Fsp3) is 0.377. The van der Waals surface area contributed by atoms with Crippen molar-refractivity contribution in [1.82, 2.24) is 0 Å². The molecule has 0 fully saturated rings. The fourth-order valence-corrected chi connectivity index (χ4v) is 8.72. The van der Waals surface area contributed by atoms with Gasteiger partial charge in [0.05, 0.1) is 5.41 Å². The van der Waals surface area contributed by atoms with Crippen molar-refractivity contribution in [1.29, 1.82) is 0 Å². The number of benzene rings is 3. The maximum Gasteiger partial charge on any atom is 2.00 e. The number of fused-ring (bicyclic) bond motifs is 2. The van der Waals surface area contributed by atoms with E-state index in [-0.39, 0.29) is 42.8 Å². The van der Waals surface area contributed by atoms with Crippen LogP contribution in [0.2, 0.25) is 0 Å². The van der Waals surface area contributed by atoms with Crippen molar-refractivity contribution >= 4 is 17.1 Å². The Morgan fingerprint density at radius 3 is 1.98 bits per heavy atom. The molecule has 0 aromatic heterocycles. The molecule has 7 nitrogen and oxygen atoms in total. The summed E-state index contributed by atoms with van der Waals surface area (Å²) in [5.41, 5.74) is 8.26. The van der Waals surface area contributed by atoms with E-state index in [0.717, 1.165) is 44.5 Å². The zero-order chi connectivity index (χ0) is 42.1. The molecule has 7 rings (SSSR count). The molecule has 0 saturated heterocycles. The first-order chi connectivity index (χ1) is 28.5. The van der Waals surface area contributed by atoms with Crippen LogP contribution in [0.25, 0.3) is 0 Å². The van der Waals surface area contributed by atoms with Gasteiger partial charge in [-0.2, -0.15) is 4.58 Å². The molecule has 2 aliphatic carbocycles. The Kier molecular flexibility index (Phi) is 23.2. The molecule has 0 saturated carbocycles. The van der Waals surface area contributed by atoms with Gasteiger partial charge in [0.2, 0.25) is 5.69 Å². The molecule has 0 radical (unpaired) electrons. The van der Waals surface area contributed by atoms with Gasteiger partial charge in [-0.1, -0.05) is 155 Å². The second-order valence-corrected chi connectivity index (χ2v) is 16.8. The van der Waals surface area contributed by atoms with Crippen molar-refractivity contribution in [2.45, 2.75) is 103 Å². The summed E-state index contributed by atoms with van der Waals surface area (Å²) in [7, 11) is -4.94. The molecule has 0 amide bonds. The van der Waals surface area contributed by atoms with Crippen LogP contribution in [0.4, 0.5) is 11.4 Å². The molecule has 0 N–H and O–H groups in total. The number of para-hydroxylation sites is 3. The summed E-state index contributed by atoms with van der Waals surface area (Å²) in [6, 6.07) is 28.4. The van der Waals surface area contributed by atoms with Crippen LogP contribution in [0, 0.1) is 31.0 Å². The Morgan fingerprint density at radius 1 is 0.758 bits per heavy atom. The van der Waals surface area contributed by atoms with Gasteiger partial charge in [-0.25, -0.2) is 18.6 Å². The maximum atomic E-state index is 8.49. The van der Waals surface area contributed by atoms with Crippen LogP contribution in [-0.2, 0) is 27.9 Å². The van der Waals surface area contributed by atoms with Crippen LogP contribution < -0.4 is 28.3 Å². The summed E-state index contributed by atoms with van der Waals surface area (Å²) in [5, 5.41) is 0. The Balaban J connectivity index is 0.000000905. The van der Waals surface area contributed by atoms with E-state index in [0.29, 0.717) is 12.5 Å². The van der Waals surface area contributed by atoms with Crippen LogP contribution in [-0.4, -0.2) is 30.0 Å². The summed E-state index contributed by atoms with van der Waals surface area (Å²) in [6.07, 6.45) is 36.9. The monoisotopic (exact) mass is 904 g/mol. The molecule has 2 aliphatic heterocycles. The number of nitrogens with zero attached hydrogens (tertiary/aromatic N) is 2. The number of halogens is 1. The minimum Gasteiger partial charge on any atom is -0.487 e. The minimum atomic E-state index is -4.94. The quantitative estimate of drug-likeness (QED) is 0.0579. The number of anilines is 1. The zero-order valence-corrected chi connectivity index (χ0v) is 39.7. The van der Waals surface area contributed by atoms with Crippen molar-refractivity contribution < 1.29 is 55.3 Å². The Bertz CT molecular complexity index is 1990. The molecule has 336 valence electrons. The number of ether oxygens (including phenoxy) is 1. The van der Waals surface area contributed by atoms with E-state index in [1.807, 2.05) is 30.3 Å². The summed E-state index contributed by atoms with van der Waals surface area (Å²) in [6.45, 7) is 12.0. The minimum absolute atomic E-state index is 0. The normalized spacial score (nSPS) is 19.9. The van der Waals surface area contributed by atoms with Crippen molar-refractivity contribution in [2.24, 2.45) is 5.92 Å². The Hall–Kier alpha value is -3.98. The second kappa shape index (κ2) is 26.6. The van der Waals surface area contributed by atoms with Crippen LogP contribution in [0.3, 0.4) is 0 Å². The van der Waals surface area contributed by atoms with Crippen LogP contribution in [0.1, 0.15) is 103 Å². The Labute approximate surface area is 386 Å². The first-order valence-corrected chi connectivity index (χ1v) is 22.7. The molecule has 9 heteroatoms. The van der Waals surface area contributed by atoms with Crippen LogP contribution >= 0.6 is 0 Å². The number of rotatable bonds is 17. The molecule has 2 heterocycles. The predicted octanol–water partition coefficient (Wildman–Crippen LogP) is 9.28. The van der Waals surface area contributed by atoms with E-state index in [9.17, 15) is 0 Å². The van der Waals surface area contributed by atoms with Crippen molar-refractivity contribution in [2.75, 3.05) is 24.6 Å². The van der Waals surface area contributed by atoms with E-state index in [1.165, 1.54) is 72.4 Å². The third kappa shape index (κ3) is 14.8. The molecule has 2 atom stereocenters. The van der Waals surface area contributed by atoms with Gasteiger partial charge in [0.1, 0.15) is 12.4 Å². The molecule has 0 bridgehead atoms. The first-order valence-electron chi connectivity index (χ1n) is 21.5. The van der Waals surface area contributed by atoms with Crippen molar-refractivity contribution in [3.63, 3.8) is 0 Å². The zero-order valence-electron chi connectivity index (χ0n) is 37.8. The number of unbranched alkanes of at least 4 members (excludes halogenated alkanes) is 5. The number of allylic oxidation sites excluding steroid dienone is 12. The first kappa shape index (κ1) is 54.2. The van der Waals surface area contributed by atoms with E-state index >= 15 is 0 Å². The third-order valence-electron chi connectivity index (χ3n) is 12.0. The van der Waals surface area contributed by atoms with Crippen molar-refractivity contribution in [3.8, 4) is 5.75 Å². The van der Waals surface area contributed by atoms with E-state index in [1.54, 1.807) is 0 Å². The summed E-state index contributed by atoms with van der Waals surface area (Å²) in [4.78, 5) is 2.64. The topological polar surface area (TPSA) is 108 Å². The van der Waals surface area contributed by atoms with Gasteiger partial charge in [0.15, 0.2) is 12.3 Å². The summed E-state index contributed by atoms with van der Waals surface area (Å²) < 4.78 is 42.8. The van der Waals surface area contributed by atoms with Crippen molar-refractivity contribution in [3.05, 3.63) is 177 Å². The van der Waals surface area contributed by atoms with Gasteiger partial charge in [0, 0.05) is 41.1 Å². The molecular weight excluding hydrogens is 836 g/mol. The van der Waals surface area contributed by atoms with Crippen LogP contribution in [0.5, 0.6) is 5.75 Å². The SMILES string of the molecule is C1=CCC=C1.CCCCCCCCN1/C(=C\C=C\C2=[N+](CCOc3ccccc3)c3ccccc3C2(C)CCC2C=CC=C2)C(C)(CC)c2ccccc21.[CH3-].[CH3-].[Fe+2].[O-][Cl+3]([O-])([O-])[O-]. The summed E-state index contributed by atoms with van der Waals surface area (Å²) >= 11 is 0.